The van der Waals surface area contributed by atoms with Crippen molar-refractivity contribution in [3.63, 3.8) is 0 Å². The maximum Gasteiger partial charge on any atom is 0.411 e. The molecule has 1 aliphatic rings. The molecule has 1 aromatic heterocycles. The van der Waals surface area contributed by atoms with E-state index in [-0.39, 0.29) is 18.0 Å². The Morgan fingerprint density at radius 3 is 2.76 bits per heavy atom. The Morgan fingerprint density at radius 1 is 1.59 bits per heavy atom. The fourth-order valence-corrected chi connectivity index (χ4v) is 1.90. The van der Waals surface area contributed by atoms with Crippen LogP contribution in [-0.4, -0.2) is 21.8 Å². The monoisotopic (exact) mass is 239 g/mol. The molecule has 0 fully saturated rings. The first kappa shape index (κ1) is 11.8. The van der Waals surface area contributed by atoms with Gasteiger partial charge in [0.1, 0.15) is 11.3 Å². The molecule has 1 amide bonds. The first-order chi connectivity index (χ1) is 7.79. The third-order valence-electron chi connectivity index (χ3n) is 2.66. The Bertz CT molecular complexity index is 447. The number of hydrogen-bond acceptors (Lipinski definition) is 5. The van der Waals surface area contributed by atoms with Gasteiger partial charge in [0.2, 0.25) is 5.88 Å². The summed E-state index contributed by atoms with van der Waals surface area (Å²) in [4.78, 5) is 13.5. The van der Waals surface area contributed by atoms with E-state index >= 15 is 0 Å². The number of fused-ring (bicyclic) bond motifs is 1. The van der Waals surface area contributed by atoms with Gasteiger partial charge in [-0.15, -0.1) is 0 Å². The first-order valence-corrected chi connectivity index (χ1v) is 5.53. The fraction of sp³-hybridized carbons (Fsp3) is 0.636. The van der Waals surface area contributed by atoms with Gasteiger partial charge in [-0.3, -0.25) is 4.90 Å². The standard InChI is InChI=1S/C11H17N3O3/c1-6-8-7(13-17-9(8)12)5-14(6)10(15)16-11(2,3)4/h6H,5,12H2,1-4H3. The van der Waals surface area contributed by atoms with Crippen LogP contribution in [0.3, 0.4) is 0 Å². The van der Waals surface area contributed by atoms with E-state index in [4.69, 9.17) is 15.0 Å². The molecule has 1 aromatic rings. The number of carbonyl (C=O) groups excluding carboxylic acids is 1. The van der Waals surface area contributed by atoms with Gasteiger partial charge in [-0.1, -0.05) is 5.16 Å². The Hall–Kier alpha value is -1.72. The smallest absolute Gasteiger partial charge is 0.411 e. The maximum absolute atomic E-state index is 12.0. The molecule has 0 radical (unpaired) electrons. The number of aromatic nitrogens is 1. The number of carbonyl (C=O) groups is 1. The van der Waals surface area contributed by atoms with E-state index in [1.165, 1.54) is 0 Å². The van der Waals surface area contributed by atoms with Gasteiger partial charge in [-0.2, -0.15) is 0 Å². The van der Waals surface area contributed by atoms with Crippen molar-refractivity contribution in [3.8, 4) is 0 Å². The van der Waals surface area contributed by atoms with E-state index in [0.717, 1.165) is 5.56 Å². The lowest BCUT2D eigenvalue weighted by molar-refractivity contribution is 0.0182. The van der Waals surface area contributed by atoms with Crippen LogP contribution < -0.4 is 5.73 Å². The average molecular weight is 239 g/mol. The van der Waals surface area contributed by atoms with Crippen LogP contribution >= 0.6 is 0 Å². The molecule has 0 spiro atoms. The number of ether oxygens (including phenoxy) is 1. The molecule has 2 rings (SSSR count). The van der Waals surface area contributed by atoms with Crippen molar-refractivity contribution in [2.75, 3.05) is 5.73 Å². The molecule has 2 N–H and O–H groups in total. The lowest BCUT2D eigenvalue weighted by atomic mass is 10.2. The summed E-state index contributed by atoms with van der Waals surface area (Å²) < 4.78 is 10.2. The van der Waals surface area contributed by atoms with E-state index in [1.54, 1.807) is 4.90 Å². The summed E-state index contributed by atoms with van der Waals surface area (Å²) in [6, 6.07) is -0.161. The minimum absolute atomic E-state index is 0.161. The Balaban J connectivity index is 2.15. The lowest BCUT2D eigenvalue weighted by Crippen LogP contribution is -2.35. The van der Waals surface area contributed by atoms with Gasteiger partial charge < -0.3 is 15.0 Å². The van der Waals surface area contributed by atoms with Gasteiger partial charge in [0.25, 0.3) is 0 Å². The Morgan fingerprint density at radius 2 is 2.24 bits per heavy atom. The van der Waals surface area contributed by atoms with Crippen LogP contribution in [0.4, 0.5) is 10.7 Å². The van der Waals surface area contributed by atoms with Gasteiger partial charge in [0.15, 0.2) is 0 Å². The summed E-state index contributed by atoms with van der Waals surface area (Å²) in [6.07, 6.45) is -0.359. The highest BCUT2D eigenvalue weighted by atomic mass is 16.6. The van der Waals surface area contributed by atoms with Crippen LogP contribution in [-0.2, 0) is 11.3 Å². The normalized spacial score (nSPS) is 19.3. The second-order valence-electron chi connectivity index (χ2n) is 5.19. The van der Waals surface area contributed by atoms with Crippen molar-refractivity contribution in [2.45, 2.75) is 45.9 Å². The number of amides is 1. The molecule has 17 heavy (non-hydrogen) atoms. The van der Waals surface area contributed by atoms with Crippen molar-refractivity contribution in [1.29, 1.82) is 0 Å². The summed E-state index contributed by atoms with van der Waals surface area (Å²) in [5.41, 5.74) is 6.65. The van der Waals surface area contributed by atoms with Gasteiger partial charge >= 0.3 is 6.09 Å². The minimum atomic E-state index is -0.507. The third-order valence-corrected chi connectivity index (χ3v) is 2.66. The number of hydrogen-bond donors (Lipinski definition) is 1. The van der Waals surface area contributed by atoms with E-state index in [1.807, 2.05) is 27.7 Å². The van der Waals surface area contributed by atoms with Gasteiger partial charge in [-0.25, -0.2) is 4.79 Å². The van der Waals surface area contributed by atoms with Crippen LogP contribution in [0.25, 0.3) is 0 Å². The molecule has 0 saturated carbocycles. The second kappa shape index (κ2) is 3.65. The third kappa shape index (κ3) is 2.07. The molecule has 1 aliphatic heterocycles. The molecule has 2 heterocycles. The van der Waals surface area contributed by atoms with Gasteiger partial charge in [0, 0.05) is 0 Å². The van der Waals surface area contributed by atoms with Crippen LogP contribution in [0.5, 0.6) is 0 Å². The highest BCUT2D eigenvalue weighted by Gasteiger charge is 2.37. The van der Waals surface area contributed by atoms with Crippen molar-refractivity contribution >= 4 is 12.0 Å². The Labute approximate surface area is 99.7 Å². The number of nitrogen functional groups attached to an aromatic ring is 1. The number of anilines is 1. The number of rotatable bonds is 0. The molecular weight excluding hydrogens is 222 g/mol. The van der Waals surface area contributed by atoms with E-state index < -0.39 is 5.60 Å². The molecular formula is C11H17N3O3. The highest BCUT2D eigenvalue weighted by molar-refractivity contribution is 5.70. The van der Waals surface area contributed by atoms with E-state index in [9.17, 15) is 4.79 Å². The zero-order valence-electron chi connectivity index (χ0n) is 10.5. The van der Waals surface area contributed by atoms with Crippen molar-refractivity contribution in [1.82, 2.24) is 10.1 Å². The highest BCUT2D eigenvalue weighted by Crippen LogP contribution is 2.37. The molecule has 1 unspecified atom stereocenters. The van der Waals surface area contributed by atoms with Gasteiger partial charge in [0.05, 0.1) is 18.2 Å². The van der Waals surface area contributed by atoms with Crippen LogP contribution in [0.15, 0.2) is 4.52 Å². The summed E-state index contributed by atoms with van der Waals surface area (Å²) in [5, 5.41) is 3.83. The topological polar surface area (TPSA) is 81.6 Å². The molecule has 0 saturated heterocycles. The van der Waals surface area contributed by atoms with Gasteiger partial charge in [-0.05, 0) is 27.7 Å². The zero-order valence-corrected chi connectivity index (χ0v) is 10.5. The maximum atomic E-state index is 12.0. The van der Waals surface area contributed by atoms with Crippen LogP contribution in [0.2, 0.25) is 0 Å². The van der Waals surface area contributed by atoms with Crippen molar-refractivity contribution in [2.24, 2.45) is 0 Å². The predicted octanol–water partition coefficient (Wildman–Crippen LogP) is 2.07. The predicted molar refractivity (Wildman–Crippen MR) is 61.1 cm³/mol. The van der Waals surface area contributed by atoms with Crippen LogP contribution in [0, 0.1) is 0 Å². The summed E-state index contributed by atoms with van der Waals surface area (Å²) in [7, 11) is 0. The summed E-state index contributed by atoms with van der Waals surface area (Å²) >= 11 is 0. The molecule has 6 nitrogen and oxygen atoms in total. The Kier molecular flexibility index (Phi) is 2.52. The number of nitrogens with zero attached hydrogens (tertiary/aromatic N) is 2. The molecule has 94 valence electrons. The van der Waals surface area contributed by atoms with Crippen molar-refractivity contribution < 1.29 is 14.1 Å². The molecule has 6 heteroatoms. The molecule has 0 aromatic carbocycles. The summed E-state index contributed by atoms with van der Waals surface area (Å²) in [6.45, 7) is 7.76. The van der Waals surface area contributed by atoms with Crippen molar-refractivity contribution in [3.05, 3.63) is 11.3 Å². The molecule has 0 aliphatic carbocycles. The lowest BCUT2D eigenvalue weighted by Gasteiger charge is -2.27. The van der Waals surface area contributed by atoms with E-state index in [2.05, 4.69) is 5.16 Å². The largest absolute Gasteiger partial charge is 0.444 e. The quantitative estimate of drug-likeness (QED) is 0.749. The SMILES string of the molecule is CC1c2c(noc2N)CN1C(=O)OC(C)(C)C. The first-order valence-electron chi connectivity index (χ1n) is 5.53. The number of nitrogens with two attached hydrogens (primary N) is 1. The zero-order chi connectivity index (χ0) is 12.8. The fourth-order valence-electron chi connectivity index (χ4n) is 1.90. The average Bonchev–Trinajstić information content (AvgIpc) is 2.66. The molecule has 0 bridgehead atoms. The van der Waals surface area contributed by atoms with E-state index in [0.29, 0.717) is 12.2 Å². The summed E-state index contributed by atoms with van der Waals surface area (Å²) in [5.74, 6) is 0.276. The second-order valence-corrected chi connectivity index (χ2v) is 5.19. The molecule has 1 atom stereocenters. The van der Waals surface area contributed by atoms with Crippen LogP contribution in [0.1, 0.15) is 45.0 Å². The minimum Gasteiger partial charge on any atom is -0.444 e.